The minimum atomic E-state index is -0.0744. The summed E-state index contributed by atoms with van der Waals surface area (Å²) in [6, 6.07) is 0.0645. The van der Waals surface area contributed by atoms with Gasteiger partial charge in [0, 0.05) is 25.8 Å². The van der Waals surface area contributed by atoms with E-state index in [1.54, 1.807) is 12.0 Å². The lowest BCUT2D eigenvalue weighted by Crippen LogP contribution is -2.31. The van der Waals surface area contributed by atoms with Crippen LogP contribution in [0, 0.1) is 3.70 Å². The van der Waals surface area contributed by atoms with Gasteiger partial charge in [0.05, 0.1) is 18.0 Å². The summed E-state index contributed by atoms with van der Waals surface area (Å²) in [5.74, 6) is 0.347. The molecule has 3 rings (SSSR count). The highest BCUT2D eigenvalue weighted by Gasteiger charge is 2.31. The van der Waals surface area contributed by atoms with Crippen molar-refractivity contribution in [2.24, 2.45) is 0 Å². The van der Waals surface area contributed by atoms with Crippen molar-refractivity contribution in [2.75, 3.05) is 32.5 Å². The lowest BCUT2D eigenvalue weighted by atomic mass is 10.2. The Morgan fingerprint density at radius 1 is 1.57 bits per heavy atom. The number of fused-ring (bicyclic) bond motifs is 1. The van der Waals surface area contributed by atoms with Crippen LogP contribution in [0.4, 0.5) is 5.82 Å². The summed E-state index contributed by atoms with van der Waals surface area (Å²) in [6.07, 6.45) is 2.24. The largest absolute Gasteiger partial charge is 0.383 e. The number of methoxy groups -OCH3 is 1. The quantitative estimate of drug-likeness (QED) is 0.576. The predicted molar refractivity (Wildman–Crippen MR) is 93.7 cm³/mol. The number of likely N-dealkylation sites (tertiary alicyclic amines) is 1. The van der Waals surface area contributed by atoms with E-state index >= 15 is 0 Å². The fourth-order valence-electron chi connectivity index (χ4n) is 2.79. The van der Waals surface area contributed by atoms with Crippen LogP contribution in [-0.4, -0.2) is 57.4 Å². The molecule has 0 radical (unpaired) electrons. The molecule has 0 unspecified atom stereocenters. The summed E-state index contributed by atoms with van der Waals surface area (Å²) in [5, 5.41) is 5.31. The topological polar surface area (TPSA) is 99.2 Å². The smallest absolute Gasteiger partial charge is 0.251 e. The first kappa shape index (κ1) is 16.1. The molecular weight excluding hydrogens is 411 g/mol. The van der Waals surface area contributed by atoms with Crippen LogP contribution >= 0.6 is 22.6 Å². The highest BCUT2D eigenvalue weighted by Crippen LogP contribution is 2.29. The molecule has 2 N–H and O–H groups in total. The highest BCUT2D eigenvalue weighted by atomic mass is 127. The zero-order valence-electron chi connectivity index (χ0n) is 12.7. The van der Waals surface area contributed by atoms with Crippen LogP contribution in [0.2, 0.25) is 0 Å². The van der Waals surface area contributed by atoms with Crippen molar-refractivity contribution in [3.05, 3.63) is 22.2 Å². The summed E-state index contributed by atoms with van der Waals surface area (Å²) in [6.45, 7) is 5.24. The van der Waals surface area contributed by atoms with Gasteiger partial charge in [-0.25, -0.2) is 14.6 Å². The number of nitrogens with two attached hydrogens (primary N) is 1. The van der Waals surface area contributed by atoms with Crippen molar-refractivity contribution < 1.29 is 9.53 Å². The zero-order chi connectivity index (χ0) is 16.6. The van der Waals surface area contributed by atoms with E-state index in [0.29, 0.717) is 30.1 Å². The van der Waals surface area contributed by atoms with Crippen molar-refractivity contribution in [1.29, 1.82) is 0 Å². The molecule has 1 atom stereocenters. The van der Waals surface area contributed by atoms with Crippen molar-refractivity contribution in [1.82, 2.24) is 24.6 Å². The second kappa shape index (κ2) is 6.40. The molecular formula is C14H17IN6O2. The van der Waals surface area contributed by atoms with E-state index in [1.807, 2.05) is 4.68 Å². The molecule has 8 nitrogen and oxygen atoms in total. The summed E-state index contributed by atoms with van der Waals surface area (Å²) in [7, 11) is 1.55. The van der Waals surface area contributed by atoms with E-state index in [4.69, 9.17) is 10.5 Å². The molecule has 1 saturated heterocycles. The number of aromatic nitrogens is 4. The van der Waals surface area contributed by atoms with Crippen LogP contribution in [0.25, 0.3) is 11.0 Å². The molecule has 0 aliphatic carbocycles. The maximum Gasteiger partial charge on any atom is 0.251 e. The lowest BCUT2D eigenvalue weighted by molar-refractivity contribution is -0.126. The zero-order valence-corrected chi connectivity index (χ0v) is 14.9. The van der Waals surface area contributed by atoms with Gasteiger partial charge in [0.15, 0.2) is 5.65 Å². The van der Waals surface area contributed by atoms with E-state index in [1.165, 1.54) is 6.33 Å². The fraction of sp³-hybridized carbons (Fsp3) is 0.429. The van der Waals surface area contributed by atoms with Crippen molar-refractivity contribution in [3.63, 3.8) is 0 Å². The number of hydrogen-bond acceptors (Lipinski definition) is 6. The normalized spacial score (nSPS) is 17.8. The SMILES string of the molecule is C=C(COC)C(=O)N1CC[C@H](n2nc(I)c3c(N)ncnc32)C1. The van der Waals surface area contributed by atoms with E-state index in [9.17, 15) is 4.79 Å². The van der Waals surface area contributed by atoms with Crippen molar-refractivity contribution in [3.8, 4) is 0 Å². The molecule has 2 aromatic heterocycles. The van der Waals surface area contributed by atoms with Crippen LogP contribution in [0.15, 0.2) is 18.5 Å². The first-order valence-electron chi connectivity index (χ1n) is 7.13. The monoisotopic (exact) mass is 428 g/mol. The maximum absolute atomic E-state index is 12.3. The fourth-order valence-corrected chi connectivity index (χ4v) is 3.54. The molecule has 1 fully saturated rings. The lowest BCUT2D eigenvalue weighted by Gasteiger charge is -2.17. The number of rotatable bonds is 4. The van der Waals surface area contributed by atoms with Crippen molar-refractivity contribution >= 4 is 45.3 Å². The van der Waals surface area contributed by atoms with Crippen LogP contribution < -0.4 is 5.73 Å². The van der Waals surface area contributed by atoms with Gasteiger partial charge in [0.25, 0.3) is 5.91 Å². The number of carbonyl (C=O) groups excluding carboxylic acids is 1. The van der Waals surface area contributed by atoms with Gasteiger partial charge in [-0.3, -0.25) is 4.79 Å². The molecule has 23 heavy (non-hydrogen) atoms. The Hall–Kier alpha value is -1.75. The molecule has 0 bridgehead atoms. The summed E-state index contributed by atoms with van der Waals surface area (Å²) < 4.78 is 7.59. The molecule has 9 heteroatoms. The van der Waals surface area contributed by atoms with Crippen LogP contribution in [0.3, 0.4) is 0 Å². The number of halogens is 1. The Kier molecular flexibility index (Phi) is 4.48. The second-order valence-electron chi connectivity index (χ2n) is 5.42. The van der Waals surface area contributed by atoms with Gasteiger partial charge in [-0.1, -0.05) is 6.58 Å². The molecule has 122 valence electrons. The van der Waals surface area contributed by atoms with Gasteiger partial charge >= 0.3 is 0 Å². The van der Waals surface area contributed by atoms with Crippen molar-refractivity contribution in [2.45, 2.75) is 12.5 Å². The summed E-state index contributed by atoms with van der Waals surface area (Å²) in [5.41, 5.74) is 7.08. The third-order valence-corrected chi connectivity index (χ3v) is 4.65. The molecule has 0 spiro atoms. The number of carbonyl (C=O) groups is 1. The third kappa shape index (κ3) is 2.90. The first-order valence-corrected chi connectivity index (χ1v) is 8.21. The summed E-state index contributed by atoms with van der Waals surface area (Å²) >= 11 is 2.13. The van der Waals surface area contributed by atoms with Gasteiger partial charge in [0.1, 0.15) is 15.8 Å². The molecule has 2 aromatic rings. The Balaban J connectivity index is 1.84. The number of hydrogen-bond donors (Lipinski definition) is 1. The van der Waals surface area contributed by atoms with E-state index in [2.05, 4.69) is 44.2 Å². The Morgan fingerprint density at radius 2 is 2.35 bits per heavy atom. The molecule has 3 heterocycles. The summed E-state index contributed by atoms with van der Waals surface area (Å²) in [4.78, 5) is 22.4. The molecule has 0 aromatic carbocycles. The average Bonchev–Trinajstić information content (AvgIpc) is 3.12. The van der Waals surface area contributed by atoms with Gasteiger partial charge in [0.2, 0.25) is 0 Å². The van der Waals surface area contributed by atoms with E-state index < -0.39 is 0 Å². The van der Waals surface area contributed by atoms with Crippen LogP contribution in [0.5, 0.6) is 0 Å². The molecule has 1 aliphatic rings. The van der Waals surface area contributed by atoms with Crippen LogP contribution in [0.1, 0.15) is 12.5 Å². The number of anilines is 1. The molecule has 0 saturated carbocycles. The Bertz CT molecular complexity index is 774. The Labute approximate surface area is 146 Å². The molecule has 1 amide bonds. The van der Waals surface area contributed by atoms with E-state index in [-0.39, 0.29) is 18.6 Å². The van der Waals surface area contributed by atoms with Gasteiger partial charge in [-0.05, 0) is 29.0 Å². The number of nitrogens with zero attached hydrogens (tertiary/aromatic N) is 5. The second-order valence-corrected chi connectivity index (χ2v) is 6.44. The highest BCUT2D eigenvalue weighted by molar-refractivity contribution is 14.1. The predicted octanol–water partition coefficient (Wildman–Crippen LogP) is 0.989. The average molecular weight is 428 g/mol. The van der Waals surface area contributed by atoms with Gasteiger partial charge in [-0.2, -0.15) is 5.10 Å². The minimum Gasteiger partial charge on any atom is -0.383 e. The number of ether oxygens (including phenoxy) is 1. The van der Waals surface area contributed by atoms with E-state index in [0.717, 1.165) is 15.5 Å². The van der Waals surface area contributed by atoms with Gasteiger partial charge in [-0.15, -0.1) is 0 Å². The third-order valence-electron chi connectivity index (χ3n) is 3.89. The Morgan fingerprint density at radius 3 is 3.09 bits per heavy atom. The standard InChI is InChI=1S/C14H17IN6O2/c1-8(6-23-2)14(22)20-4-3-9(5-20)21-13-10(11(15)19-21)12(16)17-7-18-13/h7,9H,1,3-6H2,2H3,(H2,16,17,18)/t9-/m0/s1. The minimum absolute atomic E-state index is 0.0645. The molecule has 1 aliphatic heterocycles. The maximum atomic E-state index is 12.3. The first-order chi connectivity index (χ1) is 11.0. The van der Waals surface area contributed by atoms with Crippen LogP contribution in [-0.2, 0) is 9.53 Å². The number of nitrogen functional groups attached to an aromatic ring is 1. The number of amides is 1. The van der Waals surface area contributed by atoms with Gasteiger partial charge < -0.3 is 15.4 Å².